The average molecular weight is 377 g/mol. The summed E-state index contributed by atoms with van der Waals surface area (Å²) in [5.41, 5.74) is -0.234. The summed E-state index contributed by atoms with van der Waals surface area (Å²) in [6, 6.07) is 5.98. The van der Waals surface area contributed by atoms with Crippen molar-refractivity contribution in [3.8, 4) is 0 Å². The number of hydrogen-bond acceptors (Lipinski definition) is 2. The number of fused-ring (bicyclic) bond motifs is 2. The van der Waals surface area contributed by atoms with Crippen molar-refractivity contribution in [3.05, 3.63) is 35.4 Å². The summed E-state index contributed by atoms with van der Waals surface area (Å²) in [6.45, 7) is 3.19. The molecule has 1 N–H and O–H groups in total. The largest absolute Gasteiger partial charge is 0.416 e. The SMILES string of the molecule is CCC(C(=O)N1CCC2CCC(C1)N2)c1cccc(C(F)(F)F)c1.Cl. The zero-order valence-corrected chi connectivity index (χ0v) is 15.0. The molecule has 3 unspecified atom stereocenters. The van der Waals surface area contributed by atoms with Gasteiger partial charge in [0, 0.05) is 25.2 Å². The van der Waals surface area contributed by atoms with Gasteiger partial charge in [0.25, 0.3) is 0 Å². The number of halogens is 4. The van der Waals surface area contributed by atoms with E-state index in [1.165, 1.54) is 6.07 Å². The molecule has 1 amide bonds. The molecule has 3 nitrogen and oxygen atoms in total. The molecule has 0 aliphatic carbocycles. The quantitative estimate of drug-likeness (QED) is 0.865. The van der Waals surface area contributed by atoms with E-state index in [4.69, 9.17) is 0 Å². The summed E-state index contributed by atoms with van der Waals surface area (Å²) in [6.07, 6.45) is -0.755. The van der Waals surface area contributed by atoms with Gasteiger partial charge in [-0.15, -0.1) is 12.4 Å². The van der Waals surface area contributed by atoms with Crippen molar-refractivity contribution in [2.24, 2.45) is 0 Å². The Morgan fingerprint density at radius 3 is 2.68 bits per heavy atom. The van der Waals surface area contributed by atoms with Gasteiger partial charge in [0.1, 0.15) is 0 Å². The third-order valence-corrected chi connectivity index (χ3v) is 5.16. The molecule has 2 aliphatic rings. The van der Waals surface area contributed by atoms with Gasteiger partial charge in [-0.25, -0.2) is 0 Å². The lowest BCUT2D eigenvalue weighted by molar-refractivity contribution is -0.138. The van der Waals surface area contributed by atoms with E-state index in [9.17, 15) is 18.0 Å². The molecule has 3 rings (SSSR count). The minimum Gasteiger partial charge on any atom is -0.341 e. The van der Waals surface area contributed by atoms with Crippen molar-refractivity contribution >= 4 is 18.3 Å². The van der Waals surface area contributed by atoms with Gasteiger partial charge < -0.3 is 10.2 Å². The number of nitrogens with zero attached hydrogens (tertiary/aromatic N) is 1. The van der Waals surface area contributed by atoms with Gasteiger partial charge in [0.15, 0.2) is 0 Å². The van der Waals surface area contributed by atoms with Crippen LogP contribution in [0.15, 0.2) is 24.3 Å². The zero-order valence-electron chi connectivity index (χ0n) is 14.2. The number of likely N-dealkylation sites (tertiary alicyclic amines) is 1. The smallest absolute Gasteiger partial charge is 0.341 e. The van der Waals surface area contributed by atoms with E-state index in [1.54, 1.807) is 6.07 Å². The monoisotopic (exact) mass is 376 g/mol. The van der Waals surface area contributed by atoms with Crippen LogP contribution in [0, 0.1) is 0 Å². The Kier molecular flexibility index (Phi) is 6.38. The first-order valence-corrected chi connectivity index (χ1v) is 8.60. The molecule has 7 heteroatoms. The summed E-state index contributed by atoms with van der Waals surface area (Å²) >= 11 is 0. The van der Waals surface area contributed by atoms with Gasteiger partial charge in [-0.1, -0.05) is 25.1 Å². The van der Waals surface area contributed by atoms with Crippen molar-refractivity contribution < 1.29 is 18.0 Å². The van der Waals surface area contributed by atoms with E-state index >= 15 is 0 Å². The van der Waals surface area contributed by atoms with Crippen molar-refractivity contribution in [1.82, 2.24) is 10.2 Å². The topological polar surface area (TPSA) is 32.3 Å². The predicted octanol–water partition coefficient (Wildman–Crippen LogP) is 3.97. The Morgan fingerprint density at radius 1 is 1.28 bits per heavy atom. The molecule has 2 aliphatic heterocycles. The van der Waals surface area contributed by atoms with Gasteiger partial charge in [-0.2, -0.15) is 13.2 Å². The number of nitrogens with one attached hydrogen (secondary N) is 1. The Bertz CT molecular complexity index is 608. The fourth-order valence-electron chi connectivity index (χ4n) is 3.85. The van der Waals surface area contributed by atoms with Crippen LogP contribution in [0.1, 0.15) is 49.7 Å². The molecule has 1 aromatic carbocycles. The van der Waals surface area contributed by atoms with Crippen LogP contribution in [0.5, 0.6) is 0 Å². The highest BCUT2D eigenvalue weighted by molar-refractivity contribution is 5.85. The van der Waals surface area contributed by atoms with Gasteiger partial charge >= 0.3 is 6.18 Å². The Hall–Kier alpha value is -1.27. The average Bonchev–Trinajstić information content (AvgIpc) is 2.86. The summed E-state index contributed by atoms with van der Waals surface area (Å²) in [5.74, 6) is -0.560. The second-order valence-corrected chi connectivity index (χ2v) is 6.79. The molecule has 2 fully saturated rings. The highest BCUT2D eigenvalue weighted by atomic mass is 35.5. The Labute approximate surface area is 152 Å². The van der Waals surface area contributed by atoms with Gasteiger partial charge in [-0.3, -0.25) is 4.79 Å². The molecular formula is C18H24ClF3N2O. The minimum absolute atomic E-state index is 0. The van der Waals surface area contributed by atoms with Crippen molar-refractivity contribution in [1.29, 1.82) is 0 Å². The van der Waals surface area contributed by atoms with Crippen LogP contribution in [0.4, 0.5) is 13.2 Å². The van der Waals surface area contributed by atoms with Crippen LogP contribution >= 0.6 is 12.4 Å². The lowest BCUT2D eigenvalue weighted by Crippen LogP contribution is -2.41. The van der Waals surface area contributed by atoms with E-state index in [1.807, 2.05) is 11.8 Å². The molecule has 140 valence electrons. The zero-order chi connectivity index (χ0) is 17.3. The Morgan fingerprint density at radius 2 is 2.00 bits per heavy atom. The third-order valence-electron chi connectivity index (χ3n) is 5.16. The number of amides is 1. The van der Waals surface area contributed by atoms with Crippen LogP contribution < -0.4 is 5.32 Å². The summed E-state index contributed by atoms with van der Waals surface area (Å²) in [5, 5.41) is 3.52. The van der Waals surface area contributed by atoms with Crippen molar-refractivity contribution in [3.63, 3.8) is 0 Å². The first kappa shape index (κ1) is 20.0. The highest BCUT2D eigenvalue weighted by Gasteiger charge is 2.35. The van der Waals surface area contributed by atoms with Gasteiger partial charge in [-0.05, 0) is 37.3 Å². The summed E-state index contributed by atoms with van der Waals surface area (Å²) in [4.78, 5) is 14.8. The first-order chi connectivity index (χ1) is 11.4. The number of benzene rings is 1. The fraction of sp³-hybridized carbons (Fsp3) is 0.611. The molecule has 2 saturated heterocycles. The fourth-order valence-corrected chi connectivity index (χ4v) is 3.85. The highest BCUT2D eigenvalue weighted by Crippen LogP contribution is 2.33. The van der Waals surface area contributed by atoms with E-state index in [0.717, 1.165) is 31.4 Å². The molecule has 1 aromatic rings. The van der Waals surface area contributed by atoms with Crippen LogP contribution in [-0.4, -0.2) is 36.0 Å². The molecule has 0 radical (unpaired) electrons. The van der Waals surface area contributed by atoms with Crippen molar-refractivity contribution in [2.75, 3.05) is 13.1 Å². The maximum absolute atomic E-state index is 12.9. The standard InChI is InChI=1S/C18H23F3N2O.ClH/c1-2-16(12-4-3-5-13(10-12)18(19,20)21)17(24)23-9-8-14-6-7-15(11-23)22-14;/h3-5,10,14-16,22H,2,6-9,11H2,1H3;1H. The number of carbonyl (C=O) groups is 1. The maximum atomic E-state index is 12.9. The predicted molar refractivity (Wildman–Crippen MR) is 92.9 cm³/mol. The number of carbonyl (C=O) groups excluding carboxylic acids is 1. The lowest BCUT2D eigenvalue weighted by atomic mass is 9.93. The summed E-state index contributed by atoms with van der Waals surface area (Å²) < 4.78 is 38.8. The second-order valence-electron chi connectivity index (χ2n) is 6.79. The lowest BCUT2D eigenvalue weighted by Gasteiger charge is -2.28. The minimum atomic E-state index is -4.39. The molecule has 0 spiro atoms. The van der Waals surface area contributed by atoms with Crippen LogP contribution in [-0.2, 0) is 11.0 Å². The molecule has 0 aromatic heterocycles. The van der Waals surface area contributed by atoms with E-state index in [-0.39, 0.29) is 18.3 Å². The molecule has 2 bridgehead atoms. The van der Waals surface area contributed by atoms with Crippen LogP contribution in [0.2, 0.25) is 0 Å². The number of alkyl halides is 3. The molecule has 0 saturated carbocycles. The van der Waals surface area contributed by atoms with Gasteiger partial charge in [0.05, 0.1) is 11.5 Å². The van der Waals surface area contributed by atoms with Crippen LogP contribution in [0.3, 0.4) is 0 Å². The normalized spacial score (nSPS) is 24.4. The van der Waals surface area contributed by atoms with Crippen LogP contribution in [0.25, 0.3) is 0 Å². The van der Waals surface area contributed by atoms with E-state index < -0.39 is 17.7 Å². The molecule has 3 atom stereocenters. The molecule has 2 heterocycles. The molecular weight excluding hydrogens is 353 g/mol. The number of hydrogen-bond donors (Lipinski definition) is 1. The molecule has 25 heavy (non-hydrogen) atoms. The Balaban J connectivity index is 0.00000225. The van der Waals surface area contributed by atoms with Crippen molar-refractivity contribution in [2.45, 2.75) is 56.8 Å². The van der Waals surface area contributed by atoms with Gasteiger partial charge in [0.2, 0.25) is 5.91 Å². The maximum Gasteiger partial charge on any atom is 0.416 e. The first-order valence-electron chi connectivity index (χ1n) is 8.60. The number of rotatable bonds is 3. The third kappa shape index (κ3) is 4.47. The van der Waals surface area contributed by atoms with E-state index in [2.05, 4.69) is 5.32 Å². The summed E-state index contributed by atoms with van der Waals surface area (Å²) in [7, 11) is 0. The van der Waals surface area contributed by atoms with E-state index in [0.29, 0.717) is 37.2 Å². The second kappa shape index (κ2) is 7.96.